The number of fused-ring (bicyclic) bond motifs is 1. The first-order chi connectivity index (χ1) is 15.0. The summed E-state index contributed by atoms with van der Waals surface area (Å²) in [5.74, 6) is -0.655. The van der Waals surface area contributed by atoms with E-state index in [2.05, 4.69) is 30.9 Å². The van der Waals surface area contributed by atoms with E-state index in [1.807, 2.05) is 0 Å². The highest BCUT2D eigenvalue weighted by atomic mass is 32.2. The van der Waals surface area contributed by atoms with Gasteiger partial charge in [-0.25, -0.2) is 27.9 Å². The van der Waals surface area contributed by atoms with E-state index in [9.17, 15) is 17.6 Å². The molecular weight excluding hydrogens is 441 g/mol. The van der Waals surface area contributed by atoms with Crippen LogP contribution in [0.3, 0.4) is 0 Å². The maximum Gasteiger partial charge on any atom is 0.269 e. The highest BCUT2D eigenvalue weighted by Gasteiger charge is 2.36. The summed E-state index contributed by atoms with van der Waals surface area (Å²) in [6.07, 6.45) is 2.33. The van der Waals surface area contributed by atoms with Crippen molar-refractivity contribution < 1.29 is 22.3 Å². The number of carbonyl (C=O) groups is 1. The Labute approximate surface area is 182 Å². The minimum absolute atomic E-state index is 0.0102. The SMILES string of the molecule is CC1(C)Oc2cc(Nc3nc(Nc4cccc(S(N)(=O)=O)c4)ncc3F)cnc2NC1=O. The Balaban J connectivity index is 1.58. The number of benzene rings is 1. The Morgan fingerprint density at radius 1 is 1.12 bits per heavy atom. The first-order valence-electron chi connectivity index (χ1n) is 9.21. The third-order valence-electron chi connectivity index (χ3n) is 4.42. The number of carbonyl (C=O) groups excluding carboxylic acids is 1. The molecule has 32 heavy (non-hydrogen) atoms. The fourth-order valence-electron chi connectivity index (χ4n) is 2.80. The van der Waals surface area contributed by atoms with Crippen molar-refractivity contribution >= 4 is 44.9 Å². The van der Waals surface area contributed by atoms with Gasteiger partial charge < -0.3 is 20.7 Å². The summed E-state index contributed by atoms with van der Waals surface area (Å²) in [5, 5.41) is 13.4. The number of nitrogens with two attached hydrogens (primary N) is 1. The summed E-state index contributed by atoms with van der Waals surface area (Å²) in [4.78, 5) is 23.9. The number of nitrogens with one attached hydrogen (secondary N) is 3. The molecule has 13 heteroatoms. The molecule has 4 rings (SSSR count). The van der Waals surface area contributed by atoms with E-state index in [0.717, 1.165) is 6.20 Å². The molecule has 0 unspecified atom stereocenters. The van der Waals surface area contributed by atoms with Gasteiger partial charge >= 0.3 is 0 Å². The normalized spacial score (nSPS) is 14.7. The fourth-order valence-corrected chi connectivity index (χ4v) is 3.36. The van der Waals surface area contributed by atoms with Crippen molar-refractivity contribution in [2.45, 2.75) is 24.3 Å². The van der Waals surface area contributed by atoms with Crippen molar-refractivity contribution in [2.75, 3.05) is 16.0 Å². The van der Waals surface area contributed by atoms with Gasteiger partial charge in [0.2, 0.25) is 16.0 Å². The number of amides is 1. The van der Waals surface area contributed by atoms with Crippen LogP contribution in [0.15, 0.2) is 47.6 Å². The van der Waals surface area contributed by atoms with Crippen molar-refractivity contribution in [1.82, 2.24) is 15.0 Å². The average molecular weight is 459 g/mol. The Bertz CT molecular complexity index is 1330. The molecule has 1 amide bonds. The van der Waals surface area contributed by atoms with Crippen LogP contribution in [0.2, 0.25) is 0 Å². The van der Waals surface area contributed by atoms with Gasteiger partial charge in [-0.15, -0.1) is 0 Å². The maximum atomic E-state index is 14.3. The Hall–Kier alpha value is -3.84. The van der Waals surface area contributed by atoms with Crippen LogP contribution in [0.1, 0.15) is 13.8 Å². The van der Waals surface area contributed by atoms with Gasteiger partial charge in [-0.3, -0.25) is 4.79 Å². The molecule has 3 heterocycles. The Kier molecular flexibility index (Phi) is 5.14. The largest absolute Gasteiger partial charge is 0.474 e. The number of hydrogen-bond acceptors (Lipinski definition) is 9. The number of rotatable bonds is 5. The highest BCUT2D eigenvalue weighted by molar-refractivity contribution is 7.89. The van der Waals surface area contributed by atoms with Crippen molar-refractivity contribution in [3.05, 3.63) is 48.5 Å². The fraction of sp³-hybridized carbons (Fsp3) is 0.158. The molecule has 0 radical (unpaired) electrons. The molecule has 2 aromatic heterocycles. The number of hydrogen-bond donors (Lipinski definition) is 4. The standard InChI is InChI=1S/C19H18FN7O4S/c1-19(2)17(28)26-16-14(31-19)7-11(8-22-16)24-15-13(20)9-23-18(27-15)25-10-4-3-5-12(6-10)32(21,29)30/h3-9H,1-2H3,(H2,21,29,30)(H,22,26,28)(H2,23,24,25,27). The van der Waals surface area contributed by atoms with Crippen LogP contribution < -0.4 is 25.8 Å². The monoisotopic (exact) mass is 459 g/mol. The lowest BCUT2D eigenvalue weighted by molar-refractivity contribution is -0.129. The third kappa shape index (κ3) is 4.43. The van der Waals surface area contributed by atoms with Crippen LogP contribution in [0.4, 0.5) is 33.3 Å². The van der Waals surface area contributed by atoms with Crippen molar-refractivity contribution in [2.24, 2.45) is 5.14 Å². The lowest BCUT2D eigenvalue weighted by atomic mass is 10.1. The predicted octanol–water partition coefficient (Wildman–Crippen LogP) is 2.25. The Morgan fingerprint density at radius 2 is 1.91 bits per heavy atom. The van der Waals surface area contributed by atoms with Crippen LogP contribution in [0.25, 0.3) is 0 Å². The third-order valence-corrected chi connectivity index (χ3v) is 5.33. The molecule has 0 bridgehead atoms. The number of halogens is 1. The highest BCUT2D eigenvalue weighted by Crippen LogP contribution is 2.34. The minimum atomic E-state index is -3.89. The topological polar surface area (TPSA) is 161 Å². The molecule has 11 nitrogen and oxygen atoms in total. The van der Waals surface area contributed by atoms with Gasteiger partial charge in [0, 0.05) is 11.8 Å². The maximum absolute atomic E-state index is 14.3. The molecule has 0 spiro atoms. The molecule has 0 fully saturated rings. The van der Waals surface area contributed by atoms with Crippen LogP contribution >= 0.6 is 0 Å². The molecular formula is C19H18FN7O4S. The number of nitrogens with zero attached hydrogens (tertiary/aromatic N) is 3. The molecule has 0 aliphatic carbocycles. The number of primary sulfonamides is 1. The van der Waals surface area contributed by atoms with Crippen molar-refractivity contribution in [3.63, 3.8) is 0 Å². The summed E-state index contributed by atoms with van der Waals surface area (Å²) in [6, 6.07) is 7.26. The van der Waals surface area contributed by atoms with Crippen LogP contribution in [-0.4, -0.2) is 34.9 Å². The van der Waals surface area contributed by atoms with E-state index in [1.54, 1.807) is 26.0 Å². The van der Waals surface area contributed by atoms with E-state index in [4.69, 9.17) is 9.88 Å². The zero-order chi connectivity index (χ0) is 23.1. The second-order valence-electron chi connectivity index (χ2n) is 7.35. The molecule has 0 saturated heterocycles. The number of anilines is 5. The van der Waals surface area contributed by atoms with Gasteiger partial charge in [-0.05, 0) is 32.0 Å². The van der Waals surface area contributed by atoms with Crippen molar-refractivity contribution in [3.8, 4) is 5.75 Å². The van der Waals surface area contributed by atoms with E-state index < -0.39 is 21.4 Å². The number of sulfonamides is 1. The molecule has 0 atom stereocenters. The van der Waals surface area contributed by atoms with E-state index in [1.165, 1.54) is 24.4 Å². The lowest BCUT2D eigenvalue weighted by Gasteiger charge is -2.30. The number of aromatic nitrogens is 3. The summed E-state index contributed by atoms with van der Waals surface area (Å²) >= 11 is 0. The number of ether oxygens (including phenoxy) is 1. The summed E-state index contributed by atoms with van der Waals surface area (Å²) in [7, 11) is -3.89. The smallest absolute Gasteiger partial charge is 0.269 e. The zero-order valence-corrected chi connectivity index (χ0v) is 17.7. The molecule has 1 aliphatic heterocycles. The summed E-state index contributed by atoms with van der Waals surface area (Å²) < 4.78 is 43.0. The van der Waals surface area contributed by atoms with Crippen molar-refractivity contribution in [1.29, 1.82) is 0 Å². The molecule has 5 N–H and O–H groups in total. The van der Waals surface area contributed by atoms with E-state index >= 15 is 0 Å². The second kappa shape index (κ2) is 7.69. The first kappa shape index (κ1) is 21.4. The zero-order valence-electron chi connectivity index (χ0n) is 16.9. The molecule has 1 aliphatic rings. The summed E-state index contributed by atoms with van der Waals surface area (Å²) in [6.45, 7) is 3.22. The van der Waals surface area contributed by atoms with Gasteiger partial charge in [0.25, 0.3) is 5.91 Å². The first-order valence-corrected chi connectivity index (χ1v) is 10.8. The predicted molar refractivity (Wildman–Crippen MR) is 114 cm³/mol. The van der Waals surface area contributed by atoms with Gasteiger partial charge in [0.15, 0.2) is 28.8 Å². The van der Waals surface area contributed by atoms with Crippen LogP contribution in [0, 0.1) is 5.82 Å². The lowest BCUT2D eigenvalue weighted by Crippen LogP contribution is -2.45. The molecule has 0 saturated carbocycles. The average Bonchev–Trinajstić information content (AvgIpc) is 2.71. The van der Waals surface area contributed by atoms with Gasteiger partial charge in [-0.1, -0.05) is 6.07 Å². The molecule has 166 valence electrons. The number of pyridine rings is 1. The van der Waals surface area contributed by atoms with Gasteiger partial charge in [-0.2, -0.15) is 4.98 Å². The molecule has 3 aromatic rings. The minimum Gasteiger partial charge on any atom is -0.474 e. The van der Waals surface area contributed by atoms with Gasteiger partial charge in [0.1, 0.15) is 0 Å². The Morgan fingerprint density at radius 3 is 2.66 bits per heavy atom. The van der Waals surface area contributed by atoms with E-state index in [0.29, 0.717) is 17.1 Å². The van der Waals surface area contributed by atoms with Crippen LogP contribution in [-0.2, 0) is 14.8 Å². The summed E-state index contributed by atoms with van der Waals surface area (Å²) in [5.41, 5.74) is -0.387. The van der Waals surface area contributed by atoms with Gasteiger partial charge in [0.05, 0.1) is 23.0 Å². The quantitative estimate of drug-likeness (QED) is 0.448. The second-order valence-corrected chi connectivity index (χ2v) is 8.91. The van der Waals surface area contributed by atoms with Crippen LogP contribution in [0.5, 0.6) is 5.75 Å². The molecule has 1 aromatic carbocycles. The van der Waals surface area contributed by atoms with E-state index in [-0.39, 0.29) is 28.4 Å².